The van der Waals surface area contributed by atoms with Gasteiger partial charge in [0.2, 0.25) is 10.0 Å². The zero-order chi connectivity index (χ0) is 21.1. The molecule has 1 fully saturated rings. The first kappa shape index (κ1) is 21.0. The molecule has 0 spiro atoms. The molecule has 0 atom stereocenters. The van der Waals surface area contributed by atoms with Crippen LogP contribution in [0.4, 0.5) is 5.69 Å². The van der Waals surface area contributed by atoms with Gasteiger partial charge in [-0.3, -0.25) is 14.5 Å². The summed E-state index contributed by atoms with van der Waals surface area (Å²) in [5.41, 5.74) is 2.29. The molecule has 1 aliphatic rings. The van der Waals surface area contributed by atoms with E-state index in [2.05, 4.69) is 14.6 Å². The molecule has 4 rings (SSSR count). The van der Waals surface area contributed by atoms with Gasteiger partial charge in [-0.25, -0.2) is 8.42 Å². The van der Waals surface area contributed by atoms with E-state index in [4.69, 9.17) is 0 Å². The summed E-state index contributed by atoms with van der Waals surface area (Å²) in [7, 11) is -3.36. The maximum absolute atomic E-state index is 13.2. The predicted octanol–water partition coefficient (Wildman–Crippen LogP) is 3.81. The van der Waals surface area contributed by atoms with Gasteiger partial charge < -0.3 is 4.90 Å². The molecule has 8 heteroatoms. The molecule has 1 N–H and O–H groups in total. The number of nitrogens with zero attached hydrogens (tertiary/aromatic N) is 2. The molecule has 0 radical (unpaired) electrons. The smallest absolute Gasteiger partial charge is 0.229 e. The number of piperidine rings is 1. The average molecular weight is 444 g/mol. The Kier molecular flexibility index (Phi) is 6.17. The van der Waals surface area contributed by atoms with E-state index in [1.165, 1.54) is 11.3 Å². The minimum Gasteiger partial charge on any atom is -0.303 e. The summed E-state index contributed by atoms with van der Waals surface area (Å²) in [6.45, 7) is 2.78. The second-order valence-electron chi connectivity index (χ2n) is 7.79. The van der Waals surface area contributed by atoms with Crippen LogP contribution in [0, 0.1) is 5.92 Å². The van der Waals surface area contributed by atoms with E-state index in [1.54, 1.807) is 12.1 Å². The lowest BCUT2D eigenvalue weighted by atomic mass is 9.88. The van der Waals surface area contributed by atoms with Crippen molar-refractivity contribution in [1.82, 2.24) is 9.88 Å². The van der Waals surface area contributed by atoms with Crippen LogP contribution in [0.1, 0.15) is 28.9 Å². The predicted molar refractivity (Wildman–Crippen MR) is 122 cm³/mol. The first-order valence-corrected chi connectivity index (χ1v) is 12.8. The number of benzene rings is 1. The number of rotatable bonds is 7. The Labute approximate surface area is 181 Å². The van der Waals surface area contributed by atoms with Gasteiger partial charge in [-0.05, 0) is 56.3 Å². The fourth-order valence-corrected chi connectivity index (χ4v) is 5.44. The van der Waals surface area contributed by atoms with E-state index in [1.807, 2.05) is 35.8 Å². The number of nitrogens with one attached hydrogen (secondary N) is 1. The number of carbonyl (C=O) groups excluding carboxylic acids is 1. The zero-order valence-corrected chi connectivity index (χ0v) is 18.5. The quantitative estimate of drug-likeness (QED) is 0.562. The van der Waals surface area contributed by atoms with Crippen molar-refractivity contribution in [2.45, 2.75) is 19.3 Å². The molecule has 2 aromatic heterocycles. The minimum absolute atomic E-state index is 0.0143. The second-order valence-corrected chi connectivity index (χ2v) is 10.4. The lowest BCUT2D eigenvalue weighted by Gasteiger charge is -2.31. The fourth-order valence-electron chi connectivity index (χ4n) is 3.95. The van der Waals surface area contributed by atoms with Crippen molar-refractivity contribution in [2.75, 3.05) is 30.6 Å². The highest BCUT2D eigenvalue weighted by molar-refractivity contribution is 7.92. The van der Waals surface area contributed by atoms with Gasteiger partial charge in [0.05, 0.1) is 6.26 Å². The number of anilines is 1. The molecule has 6 nitrogen and oxygen atoms in total. The Hall–Kier alpha value is -2.29. The van der Waals surface area contributed by atoms with Crippen LogP contribution < -0.4 is 4.72 Å². The third kappa shape index (κ3) is 5.06. The molecular weight excluding hydrogens is 418 g/mol. The number of likely N-dealkylation sites (tertiary alicyclic amines) is 1. The molecule has 0 aliphatic carbocycles. The largest absolute Gasteiger partial charge is 0.303 e. The molecule has 0 bridgehead atoms. The maximum atomic E-state index is 13.2. The number of aromatic nitrogens is 1. The van der Waals surface area contributed by atoms with Crippen molar-refractivity contribution < 1.29 is 13.2 Å². The highest BCUT2D eigenvalue weighted by Gasteiger charge is 2.27. The highest BCUT2D eigenvalue weighted by atomic mass is 32.2. The number of ketones is 1. The van der Waals surface area contributed by atoms with Gasteiger partial charge >= 0.3 is 0 Å². The number of fused-ring (bicyclic) bond motifs is 1. The Morgan fingerprint density at radius 1 is 1.23 bits per heavy atom. The fraction of sp³-hybridized carbons (Fsp3) is 0.364. The molecular formula is C22H25N3O3S2. The number of Topliss-reactive ketones (excluding diaryl/α,β-unsaturated/α-hetero) is 1. The van der Waals surface area contributed by atoms with Crippen molar-refractivity contribution in [3.63, 3.8) is 0 Å². The standard InChI is InChI=1S/C22H25N3O3S2/c1-30(27,28)24-18-5-6-21-19(14-18)20(15-29-21)22(26)16-7-11-25(12-8-16)13-9-17-4-2-3-10-23-17/h2-6,10,14-16,24H,7-9,11-13H2,1H3. The molecule has 1 saturated heterocycles. The van der Waals surface area contributed by atoms with Crippen LogP contribution in [0.15, 0.2) is 48.0 Å². The van der Waals surface area contributed by atoms with Crippen LogP contribution in [-0.4, -0.2) is 50.0 Å². The molecule has 158 valence electrons. The summed E-state index contributed by atoms with van der Waals surface area (Å²) in [5, 5.41) is 2.74. The Balaban J connectivity index is 1.40. The number of hydrogen-bond acceptors (Lipinski definition) is 6. The van der Waals surface area contributed by atoms with Crippen molar-refractivity contribution in [1.29, 1.82) is 0 Å². The van der Waals surface area contributed by atoms with Crippen molar-refractivity contribution in [3.05, 3.63) is 59.2 Å². The molecule has 1 aliphatic heterocycles. The second kappa shape index (κ2) is 8.83. The van der Waals surface area contributed by atoms with E-state index >= 15 is 0 Å². The Morgan fingerprint density at radius 2 is 2.03 bits per heavy atom. The lowest BCUT2D eigenvalue weighted by molar-refractivity contribution is 0.0843. The van der Waals surface area contributed by atoms with Crippen molar-refractivity contribution in [3.8, 4) is 0 Å². The summed E-state index contributed by atoms with van der Waals surface area (Å²) < 4.78 is 26.6. The van der Waals surface area contributed by atoms with E-state index in [9.17, 15) is 13.2 Å². The van der Waals surface area contributed by atoms with Gasteiger partial charge in [0, 0.05) is 57.5 Å². The van der Waals surface area contributed by atoms with Gasteiger partial charge in [-0.15, -0.1) is 11.3 Å². The molecule has 0 saturated carbocycles. The van der Waals surface area contributed by atoms with Crippen LogP contribution in [0.5, 0.6) is 0 Å². The summed E-state index contributed by atoms with van der Waals surface area (Å²) >= 11 is 1.52. The SMILES string of the molecule is CS(=O)(=O)Nc1ccc2scc(C(=O)C3CCN(CCc4ccccn4)CC3)c2c1. The van der Waals surface area contributed by atoms with Crippen LogP contribution >= 0.6 is 11.3 Å². The van der Waals surface area contributed by atoms with E-state index < -0.39 is 10.0 Å². The molecule has 1 aromatic carbocycles. The van der Waals surface area contributed by atoms with E-state index in [-0.39, 0.29) is 11.7 Å². The first-order valence-electron chi connectivity index (χ1n) is 10.0. The van der Waals surface area contributed by atoms with E-state index in [0.717, 1.165) is 60.9 Å². The number of carbonyl (C=O) groups is 1. The third-order valence-electron chi connectivity index (χ3n) is 5.51. The summed E-state index contributed by atoms with van der Waals surface area (Å²) in [6.07, 6.45) is 5.56. The van der Waals surface area contributed by atoms with Crippen molar-refractivity contribution >= 4 is 42.9 Å². The van der Waals surface area contributed by atoms with Gasteiger partial charge in [0.15, 0.2) is 5.78 Å². The van der Waals surface area contributed by atoms with E-state index in [0.29, 0.717) is 11.3 Å². The number of pyridine rings is 1. The Bertz CT molecular complexity index is 1130. The van der Waals surface area contributed by atoms with Gasteiger partial charge in [-0.1, -0.05) is 6.07 Å². The average Bonchev–Trinajstić information content (AvgIpc) is 3.15. The monoisotopic (exact) mass is 443 g/mol. The van der Waals surface area contributed by atoms with Crippen LogP contribution in [0.3, 0.4) is 0 Å². The van der Waals surface area contributed by atoms with Crippen LogP contribution in [-0.2, 0) is 16.4 Å². The summed E-state index contributed by atoms with van der Waals surface area (Å²) in [4.78, 5) is 20.0. The van der Waals surface area contributed by atoms with Crippen LogP contribution in [0.25, 0.3) is 10.1 Å². The van der Waals surface area contributed by atoms with Gasteiger partial charge in [-0.2, -0.15) is 0 Å². The topological polar surface area (TPSA) is 79.4 Å². The third-order valence-corrected chi connectivity index (χ3v) is 7.08. The van der Waals surface area contributed by atoms with Gasteiger partial charge in [0.25, 0.3) is 0 Å². The zero-order valence-electron chi connectivity index (χ0n) is 16.9. The van der Waals surface area contributed by atoms with Gasteiger partial charge in [0.1, 0.15) is 0 Å². The molecule has 30 heavy (non-hydrogen) atoms. The summed E-state index contributed by atoms with van der Waals surface area (Å²) in [5.74, 6) is 0.183. The molecule has 3 heterocycles. The number of sulfonamides is 1. The molecule has 0 unspecified atom stereocenters. The number of hydrogen-bond donors (Lipinski definition) is 1. The Morgan fingerprint density at radius 3 is 2.73 bits per heavy atom. The van der Waals surface area contributed by atoms with Crippen molar-refractivity contribution in [2.24, 2.45) is 5.92 Å². The molecule has 0 amide bonds. The number of thiophene rings is 1. The molecule has 3 aromatic rings. The van der Waals surface area contributed by atoms with Crippen LogP contribution in [0.2, 0.25) is 0 Å². The summed E-state index contributed by atoms with van der Waals surface area (Å²) in [6, 6.07) is 11.3. The first-order chi connectivity index (χ1) is 14.4. The highest BCUT2D eigenvalue weighted by Crippen LogP contribution is 2.32. The lowest BCUT2D eigenvalue weighted by Crippen LogP contribution is -2.37. The minimum atomic E-state index is -3.36. The normalized spacial score (nSPS) is 16.0. The maximum Gasteiger partial charge on any atom is 0.229 e.